The van der Waals surface area contributed by atoms with Gasteiger partial charge in [0.15, 0.2) is 11.5 Å². The van der Waals surface area contributed by atoms with Crippen LogP contribution in [0.3, 0.4) is 0 Å². The molecule has 0 aliphatic rings. The zero-order valence-corrected chi connectivity index (χ0v) is 18.0. The van der Waals surface area contributed by atoms with Gasteiger partial charge < -0.3 is 19.7 Å². The van der Waals surface area contributed by atoms with Crippen LogP contribution in [0.15, 0.2) is 42.5 Å². The van der Waals surface area contributed by atoms with Crippen molar-refractivity contribution in [1.82, 2.24) is 10.2 Å². The van der Waals surface area contributed by atoms with Gasteiger partial charge in [0.2, 0.25) is 0 Å². The van der Waals surface area contributed by atoms with E-state index < -0.39 is 0 Å². The lowest BCUT2D eigenvalue weighted by Crippen LogP contribution is -2.27. The van der Waals surface area contributed by atoms with E-state index in [1.807, 2.05) is 13.0 Å². The first-order chi connectivity index (χ1) is 13.7. The van der Waals surface area contributed by atoms with E-state index in [1.165, 1.54) is 11.1 Å². The molecular formula is C24H36N2O2. The standard InChI is InChI=1S/C24H36N2O2/c1-5-26(6-2)16-8-15-25-18-22-13-14-23(24(17-22)27-7-3)28-19-21-11-9-20(4)10-12-21/h9-14,17,25H,5-8,15-16,18-19H2,1-4H3. The third-order valence-electron chi connectivity index (χ3n) is 4.87. The molecule has 0 radical (unpaired) electrons. The molecule has 0 unspecified atom stereocenters. The molecule has 0 atom stereocenters. The fourth-order valence-corrected chi connectivity index (χ4v) is 3.10. The molecule has 0 aromatic heterocycles. The van der Waals surface area contributed by atoms with Crippen molar-refractivity contribution in [2.75, 3.05) is 32.8 Å². The molecule has 0 aliphatic carbocycles. The van der Waals surface area contributed by atoms with Crippen LogP contribution >= 0.6 is 0 Å². The molecule has 0 aliphatic heterocycles. The molecule has 2 aromatic carbocycles. The maximum Gasteiger partial charge on any atom is 0.161 e. The summed E-state index contributed by atoms with van der Waals surface area (Å²) in [6.07, 6.45) is 1.16. The lowest BCUT2D eigenvalue weighted by atomic mass is 10.1. The lowest BCUT2D eigenvalue weighted by Gasteiger charge is -2.18. The topological polar surface area (TPSA) is 33.7 Å². The van der Waals surface area contributed by atoms with Crippen molar-refractivity contribution in [2.45, 2.75) is 47.3 Å². The van der Waals surface area contributed by atoms with Gasteiger partial charge in [-0.25, -0.2) is 0 Å². The highest BCUT2D eigenvalue weighted by atomic mass is 16.5. The van der Waals surface area contributed by atoms with E-state index in [9.17, 15) is 0 Å². The summed E-state index contributed by atoms with van der Waals surface area (Å²) in [5.41, 5.74) is 3.63. The predicted octanol–water partition coefficient (Wildman–Crippen LogP) is 4.79. The van der Waals surface area contributed by atoms with Gasteiger partial charge >= 0.3 is 0 Å². The number of benzene rings is 2. The van der Waals surface area contributed by atoms with Gasteiger partial charge in [-0.15, -0.1) is 0 Å². The Bertz CT molecular complexity index is 682. The Morgan fingerprint density at radius 1 is 0.857 bits per heavy atom. The first-order valence-corrected chi connectivity index (χ1v) is 10.5. The second kappa shape index (κ2) is 12.4. The third-order valence-corrected chi connectivity index (χ3v) is 4.87. The van der Waals surface area contributed by atoms with Crippen LogP contribution in [-0.2, 0) is 13.2 Å². The van der Waals surface area contributed by atoms with Crippen LogP contribution in [0, 0.1) is 6.92 Å². The van der Waals surface area contributed by atoms with Gasteiger partial charge in [0.05, 0.1) is 6.61 Å². The smallest absolute Gasteiger partial charge is 0.161 e. The SMILES string of the molecule is CCOc1cc(CNCCCN(CC)CC)ccc1OCc1ccc(C)cc1. The third kappa shape index (κ3) is 7.53. The van der Waals surface area contributed by atoms with Crippen molar-refractivity contribution in [3.8, 4) is 11.5 Å². The Morgan fingerprint density at radius 3 is 2.25 bits per heavy atom. The molecule has 0 fully saturated rings. The molecule has 2 aromatic rings. The van der Waals surface area contributed by atoms with Crippen LogP contribution in [0.2, 0.25) is 0 Å². The first kappa shape index (κ1) is 22.3. The minimum Gasteiger partial charge on any atom is -0.490 e. The molecule has 1 N–H and O–H groups in total. The number of ether oxygens (including phenoxy) is 2. The average molecular weight is 385 g/mol. The van der Waals surface area contributed by atoms with E-state index in [2.05, 4.69) is 67.4 Å². The Labute approximate surface area is 170 Å². The lowest BCUT2D eigenvalue weighted by molar-refractivity contribution is 0.269. The largest absolute Gasteiger partial charge is 0.490 e. The van der Waals surface area contributed by atoms with E-state index in [0.717, 1.165) is 56.2 Å². The Balaban J connectivity index is 1.86. The summed E-state index contributed by atoms with van der Waals surface area (Å²) >= 11 is 0. The van der Waals surface area contributed by atoms with Crippen LogP contribution < -0.4 is 14.8 Å². The normalized spacial score (nSPS) is 11.0. The van der Waals surface area contributed by atoms with Gasteiger partial charge in [0.25, 0.3) is 0 Å². The van der Waals surface area contributed by atoms with Crippen LogP contribution in [0.5, 0.6) is 11.5 Å². The molecule has 28 heavy (non-hydrogen) atoms. The zero-order chi connectivity index (χ0) is 20.2. The van der Waals surface area contributed by atoms with E-state index in [1.54, 1.807) is 0 Å². The maximum atomic E-state index is 6.01. The molecule has 2 rings (SSSR count). The summed E-state index contributed by atoms with van der Waals surface area (Å²) in [6.45, 7) is 15.0. The number of hydrogen-bond acceptors (Lipinski definition) is 4. The Morgan fingerprint density at radius 2 is 1.57 bits per heavy atom. The molecule has 0 heterocycles. The highest BCUT2D eigenvalue weighted by Crippen LogP contribution is 2.29. The van der Waals surface area contributed by atoms with Gasteiger partial charge in [-0.05, 0) is 69.7 Å². The van der Waals surface area contributed by atoms with Crippen molar-refractivity contribution in [3.63, 3.8) is 0 Å². The predicted molar refractivity (Wildman–Crippen MR) is 117 cm³/mol. The number of nitrogens with zero attached hydrogens (tertiary/aromatic N) is 1. The van der Waals surface area contributed by atoms with Gasteiger partial charge in [-0.3, -0.25) is 0 Å². The van der Waals surface area contributed by atoms with E-state index >= 15 is 0 Å². The van der Waals surface area contributed by atoms with Crippen LogP contribution in [0.1, 0.15) is 43.9 Å². The summed E-state index contributed by atoms with van der Waals surface area (Å²) in [5, 5.41) is 3.53. The zero-order valence-electron chi connectivity index (χ0n) is 18.0. The second-order valence-electron chi connectivity index (χ2n) is 7.05. The van der Waals surface area contributed by atoms with Gasteiger partial charge in [0.1, 0.15) is 6.61 Å². The summed E-state index contributed by atoms with van der Waals surface area (Å²) in [4.78, 5) is 2.45. The molecule has 4 heteroatoms. The number of hydrogen-bond donors (Lipinski definition) is 1. The summed E-state index contributed by atoms with van der Waals surface area (Å²) in [6, 6.07) is 14.6. The fraction of sp³-hybridized carbons (Fsp3) is 0.500. The monoisotopic (exact) mass is 384 g/mol. The molecule has 4 nitrogen and oxygen atoms in total. The molecule has 154 valence electrons. The first-order valence-electron chi connectivity index (χ1n) is 10.5. The number of aryl methyl sites for hydroxylation is 1. The Kier molecular flexibility index (Phi) is 9.87. The highest BCUT2D eigenvalue weighted by Gasteiger charge is 2.07. The molecule has 0 saturated carbocycles. The summed E-state index contributed by atoms with van der Waals surface area (Å²) in [7, 11) is 0. The molecule has 0 saturated heterocycles. The van der Waals surface area contributed by atoms with E-state index in [4.69, 9.17) is 9.47 Å². The van der Waals surface area contributed by atoms with Crippen molar-refractivity contribution >= 4 is 0 Å². The van der Waals surface area contributed by atoms with Crippen LogP contribution in [-0.4, -0.2) is 37.7 Å². The highest BCUT2D eigenvalue weighted by molar-refractivity contribution is 5.43. The van der Waals surface area contributed by atoms with E-state index in [0.29, 0.717) is 13.2 Å². The second-order valence-corrected chi connectivity index (χ2v) is 7.05. The van der Waals surface area contributed by atoms with Gasteiger partial charge in [-0.2, -0.15) is 0 Å². The Hall–Kier alpha value is -2.04. The molecule has 0 bridgehead atoms. The van der Waals surface area contributed by atoms with Crippen molar-refractivity contribution < 1.29 is 9.47 Å². The molecule has 0 spiro atoms. The minimum absolute atomic E-state index is 0.545. The van der Waals surface area contributed by atoms with Gasteiger partial charge in [0, 0.05) is 6.54 Å². The fourth-order valence-electron chi connectivity index (χ4n) is 3.10. The van der Waals surface area contributed by atoms with Crippen molar-refractivity contribution in [2.24, 2.45) is 0 Å². The van der Waals surface area contributed by atoms with Crippen molar-refractivity contribution in [3.05, 3.63) is 59.2 Å². The summed E-state index contributed by atoms with van der Waals surface area (Å²) < 4.78 is 11.8. The maximum absolute atomic E-state index is 6.01. The number of rotatable bonds is 13. The van der Waals surface area contributed by atoms with E-state index in [-0.39, 0.29) is 0 Å². The van der Waals surface area contributed by atoms with Crippen LogP contribution in [0.4, 0.5) is 0 Å². The van der Waals surface area contributed by atoms with Gasteiger partial charge in [-0.1, -0.05) is 49.7 Å². The van der Waals surface area contributed by atoms with Crippen LogP contribution in [0.25, 0.3) is 0 Å². The number of nitrogens with one attached hydrogen (secondary N) is 1. The quantitative estimate of drug-likeness (QED) is 0.503. The molecule has 0 amide bonds. The minimum atomic E-state index is 0.545. The average Bonchev–Trinajstić information content (AvgIpc) is 2.71. The molecular weight excluding hydrogens is 348 g/mol. The van der Waals surface area contributed by atoms with Crippen molar-refractivity contribution in [1.29, 1.82) is 0 Å². The summed E-state index contributed by atoms with van der Waals surface area (Å²) in [5.74, 6) is 1.62.